The maximum absolute atomic E-state index is 15.3. The topological polar surface area (TPSA) is 208 Å². The summed E-state index contributed by atoms with van der Waals surface area (Å²) in [6.07, 6.45) is -3.55. The van der Waals surface area contributed by atoms with Gasteiger partial charge in [0.2, 0.25) is 41.9 Å². The van der Waals surface area contributed by atoms with Crippen LogP contribution in [0, 0.1) is 23.3 Å². The first kappa shape index (κ1) is 59.1. The van der Waals surface area contributed by atoms with Crippen LogP contribution in [0.1, 0.15) is 61.4 Å². The Morgan fingerprint density at radius 2 is 0.975 bits per heavy atom. The zero-order chi connectivity index (χ0) is 57.4. The number of nitrogens with one attached hydrogen (secondary N) is 1. The van der Waals surface area contributed by atoms with Crippen molar-refractivity contribution < 1.29 is 69.2 Å². The molecule has 0 aliphatic carbocycles. The van der Waals surface area contributed by atoms with Gasteiger partial charge in [0.05, 0.1) is 51.3 Å². The lowest BCUT2D eigenvalue weighted by atomic mass is 10.0. The highest BCUT2D eigenvalue weighted by molar-refractivity contribution is 7.93. The smallest absolute Gasteiger partial charge is 0.314 e. The third-order valence-electron chi connectivity index (χ3n) is 14.4. The predicted molar refractivity (Wildman–Crippen MR) is 278 cm³/mol. The number of hydrogen-bond donors (Lipinski definition) is 1. The molecular formula is C49H50Cl2F8N10O8S3. The van der Waals surface area contributed by atoms with E-state index in [-0.39, 0.29) is 74.3 Å². The van der Waals surface area contributed by atoms with Crippen molar-refractivity contribution in [3.63, 3.8) is 0 Å². The predicted octanol–water partition coefficient (Wildman–Crippen LogP) is 8.43. The minimum atomic E-state index is -4.13. The molecule has 80 heavy (non-hydrogen) atoms. The van der Waals surface area contributed by atoms with Crippen LogP contribution in [0.25, 0.3) is 22.9 Å². The van der Waals surface area contributed by atoms with Gasteiger partial charge in [-0.25, -0.2) is 42.8 Å². The van der Waals surface area contributed by atoms with Gasteiger partial charge in [-0.1, -0.05) is 35.3 Å². The maximum atomic E-state index is 15.3. The van der Waals surface area contributed by atoms with Crippen molar-refractivity contribution in [3.8, 4) is 22.9 Å². The number of hydrogen-bond acceptors (Lipinski definition) is 15. The summed E-state index contributed by atoms with van der Waals surface area (Å²) in [5, 5.41) is 14.5. The van der Waals surface area contributed by atoms with E-state index in [2.05, 4.69) is 35.5 Å². The summed E-state index contributed by atoms with van der Waals surface area (Å²) in [7, 11) is -11.4. The fourth-order valence-corrected chi connectivity index (χ4v) is 14.7. The van der Waals surface area contributed by atoms with E-state index in [0.717, 1.165) is 58.3 Å². The second kappa shape index (κ2) is 24.1. The maximum Gasteiger partial charge on any atom is 0.314 e. The standard InChI is InChI=1S/C25H26ClF4N5O5S2.C24H24ClF4N5O3S/c1-41(36,37)34-13-18(14-34)33-8-6-19(7-9-33)42(38,39)35(17-4-5-21(27)20(26)11-17)12-16-3-2-15(10-22(16)28)24-31-32-25(40-24)23(29)30;25-19-10-16(3-4-20(19)26)34(38(35,36)18-5-7-33(8-6-18)17-11-30-12-17)13-15-2-1-14(9-21(15)27)23-31-32-24(37-23)22(28)29/h2-5,10-11,18-19,23H,6-9,12-14H2,1H3;1-4,9-10,17-18,22,30H,5-8,11-13H2. The first-order valence-corrected chi connectivity index (χ1v) is 30.4. The Labute approximate surface area is 464 Å². The summed E-state index contributed by atoms with van der Waals surface area (Å²) in [4.78, 5) is 4.32. The Hall–Kier alpha value is -5.53. The highest BCUT2D eigenvalue weighted by Gasteiger charge is 2.42. The largest absolute Gasteiger partial charge is 0.415 e. The van der Waals surface area contributed by atoms with E-state index in [4.69, 9.17) is 32.0 Å². The van der Waals surface area contributed by atoms with Gasteiger partial charge >= 0.3 is 12.9 Å². The van der Waals surface area contributed by atoms with Crippen LogP contribution in [0.3, 0.4) is 0 Å². The van der Waals surface area contributed by atoms with Crippen molar-refractivity contribution in [2.24, 2.45) is 0 Å². The van der Waals surface area contributed by atoms with Crippen molar-refractivity contribution in [2.45, 2.75) is 74.2 Å². The monoisotopic (exact) mass is 1220 g/mol. The Morgan fingerprint density at radius 1 is 0.575 bits per heavy atom. The SMILES string of the molecule is CS(=O)(=O)N1CC(N2CCC(S(=O)(=O)N(Cc3ccc(-c4nnc(C(F)F)o4)cc3F)c3ccc(F)c(Cl)c3)CC2)C1.O=S(=O)(C1CCN(C2CNC2)CC1)N(Cc1ccc(-c2nnc(C(F)F)o2)cc1F)c1ccc(F)c(Cl)c1. The third kappa shape index (κ3) is 13.0. The lowest BCUT2D eigenvalue weighted by Crippen LogP contribution is -2.62. The Balaban J connectivity index is 0.000000195. The second-order valence-electron chi connectivity index (χ2n) is 19.4. The molecule has 0 saturated carbocycles. The molecule has 0 atom stereocenters. The number of alkyl halides is 4. The number of rotatable bonds is 17. The molecule has 10 rings (SSSR count). The summed E-state index contributed by atoms with van der Waals surface area (Å²) in [6.45, 7) is 3.64. The molecule has 0 bridgehead atoms. The van der Waals surface area contributed by atoms with Crippen LogP contribution in [0.4, 0.5) is 46.5 Å². The van der Waals surface area contributed by atoms with Crippen molar-refractivity contribution in [2.75, 3.05) is 67.2 Å². The zero-order valence-corrected chi connectivity index (χ0v) is 46.0. The lowest BCUT2D eigenvalue weighted by molar-refractivity contribution is 0.0728. The van der Waals surface area contributed by atoms with Crippen LogP contribution in [-0.4, -0.2) is 141 Å². The van der Waals surface area contributed by atoms with Gasteiger partial charge in [-0.05, 0) is 113 Å². The molecule has 0 spiro atoms. The molecule has 0 amide bonds. The minimum absolute atomic E-state index is 0.00128. The van der Waals surface area contributed by atoms with Crippen LogP contribution >= 0.6 is 23.2 Å². The van der Waals surface area contributed by atoms with E-state index in [9.17, 15) is 51.6 Å². The van der Waals surface area contributed by atoms with Gasteiger partial charge in [-0.3, -0.25) is 18.4 Å². The van der Waals surface area contributed by atoms with Gasteiger partial charge < -0.3 is 14.2 Å². The van der Waals surface area contributed by atoms with E-state index in [1.165, 1.54) is 46.8 Å². The van der Waals surface area contributed by atoms with Gasteiger partial charge in [0, 0.05) is 60.5 Å². The lowest BCUT2D eigenvalue weighted by Gasteiger charge is -2.46. The van der Waals surface area contributed by atoms with Gasteiger partial charge in [0.1, 0.15) is 23.3 Å². The number of aromatic nitrogens is 4. The van der Waals surface area contributed by atoms with Crippen LogP contribution in [0.5, 0.6) is 0 Å². The second-order valence-corrected chi connectivity index (χ2v) is 26.5. The molecule has 432 valence electrons. The molecular weight excluding hydrogens is 1180 g/mol. The first-order chi connectivity index (χ1) is 37.9. The van der Waals surface area contributed by atoms with E-state index in [1.807, 2.05) is 0 Å². The van der Waals surface area contributed by atoms with E-state index in [0.29, 0.717) is 58.2 Å². The summed E-state index contributed by atoms with van der Waals surface area (Å²) >= 11 is 11.9. The summed E-state index contributed by atoms with van der Waals surface area (Å²) in [6, 6.07) is 14.6. The number of nitrogens with zero attached hydrogens (tertiary/aromatic N) is 9. The molecule has 4 aliphatic rings. The van der Waals surface area contributed by atoms with Gasteiger partial charge in [-0.2, -0.15) is 21.9 Å². The molecule has 4 fully saturated rings. The van der Waals surface area contributed by atoms with Crippen molar-refractivity contribution >= 4 is 64.6 Å². The summed E-state index contributed by atoms with van der Waals surface area (Å²) in [5.74, 6) is -5.57. The van der Waals surface area contributed by atoms with Gasteiger partial charge in [-0.15, -0.1) is 20.4 Å². The number of halogens is 10. The number of piperidine rings is 2. The van der Waals surface area contributed by atoms with Gasteiger partial charge in [0.15, 0.2) is 0 Å². The van der Waals surface area contributed by atoms with Crippen LogP contribution in [0.2, 0.25) is 10.0 Å². The molecule has 6 aromatic rings. The minimum Gasteiger partial charge on any atom is -0.415 e. The van der Waals surface area contributed by atoms with E-state index >= 15 is 8.78 Å². The van der Waals surface area contributed by atoms with E-state index < -0.39 is 102 Å². The van der Waals surface area contributed by atoms with Crippen LogP contribution < -0.4 is 13.9 Å². The van der Waals surface area contributed by atoms with Crippen molar-refractivity contribution in [1.29, 1.82) is 0 Å². The Kier molecular flexibility index (Phi) is 17.8. The quantitative estimate of drug-likeness (QED) is 0.0850. The van der Waals surface area contributed by atoms with Crippen LogP contribution in [0.15, 0.2) is 81.6 Å². The molecule has 2 aromatic heterocycles. The van der Waals surface area contributed by atoms with Crippen molar-refractivity contribution in [3.05, 3.63) is 129 Å². The molecule has 0 radical (unpaired) electrons. The molecule has 6 heterocycles. The average molecular weight is 1230 g/mol. The average Bonchev–Trinajstić information content (AvgIpc) is 4.21. The molecule has 31 heteroatoms. The Morgan fingerprint density at radius 3 is 1.30 bits per heavy atom. The number of sulfonamides is 3. The summed E-state index contributed by atoms with van der Waals surface area (Å²) in [5.41, 5.74) is 0.168. The molecule has 4 aliphatic heterocycles. The number of likely N-dealkylation sites (tertiary alicyclic amines) is 2. The zero-order valence-electron chi connectivity index (χ0n) is 42.1. The third-order valence-corrected chi connectivity index (χ3v) is 20.7. The molecule has 1 N–H and O–H groups in total. The van der Waals surface area contributed by atoms with Crippen molar-refractivity contribution in [1.82, 2.24) is 39.8 Å². The first-order valence-electron chi connectivity index (χ1n) is 24.7. The Bertz CT molecular complexity index is 3550. The van der Waals surface area contributed by atoms with E-state index in [1.54, 1.807) is 0 Å². The molecule has 4 aromatic carbocycles. The fourth-order valence-electron chi connectivity index (χ4n) is 9.63. The van der Waals surface area contributed by atoms with Crippen LogP contribution in [-0.2, 0) is 43.2 Å². The number of benzene rings is 4. The summed E-state index contributed by atoms with van der Waals surface area (Å²) < 4.78 is 202. The fraction of sp³-hybridized carbons (Fsp3) is 0.429. The highest BCUT2D eigenvalue weighted by atomic mass is 35.5. The molecule has 18 nitrogen and oxygen atoms in total. The number of anilines is 2. The molecule has 0 unspecified atom stereocenters. The molecule has 4 saturated heterocycles. The normalized spacial score (nSPS) is 17.8. The highest BCUT2D eigenvalue weighted by Crippen LogP contribution is 2.36. The van der Waals surface area contributed by atoms with Gasteiger partial charge in [0.25, 0.3) is 11.8 Å².